The second-order valence-electron chi connectivity index (χ2n) is 4.78. The van der Waals surface area contributed by atoms with Gasteiger partial charge in [-0.05, 0) is 42.3 Å². The van der Waals surface area contributed by atoms with Crippen molar-refractivity contribution in [1.29, 1.82) is 0 Å². The molecule has 4 nitrogen and oxygen atoms in total. The van der Waals surface area contributed by atoms with Gasteiger partial charge >= 0.3 is 0 Å². The second kappa shape index (κ2) is 5.06. The highest BCUT2D eigenvalue weighted by atomic mass is 35.5. The molecule has 0 aliphatic carbocycles. The fraction of sp³-hybridized carbons (Fsp3) is 0.133. The summed E-state index contributed by atoms with van der Waals surface area (Å²) < 4.78 is 0. The Labute approximate surface area is 121 Å². The minimum atomic E-state index is 0.0379. The maximum atomic E-state index is 11.4. The zero-order valence-electron chi connectivity index (χ0n) is 10.7. The second-order valence-corrected chi connectivity index (χ2v) is 5.22. The van der Waals surface area contributed by atoms with Gasteiger partial charge in [0, 0.05) is 22.8 Å². The molecule has 2 aromatic carbocycles. The van der Waals surface area contributed by atoms with E-state index in [4.69, 9.17) is 17.3 Å². The fourth-order valence-electron chi connectivity index (χ4n) is 2.28. The van der Waals surface area contributed by atoms with Gasteiger partial charge in [-0.15, -0.1) is 0 Å². The standard InChI is InChI=1S/C15H14ClN3O/c16-10-2-1-3-11(7-10)18-14-8-13-9(6-12(14)17)4-5-15(20)19-13/h1-3,6-8,18H,4-5,17H2,(H,19,20). The Morgan fingerprint density at radius 1 is 1.20 bits per heavy atom. The maximum absolute atomic E-state index is 11.4. The minimum absolute atomic E-state index is 0.0379. The summed E-state index contributed by atoms with van der Waals surface area (Å²) in [4.78, 5) is 11.4. The number of halogens is 1. The van der Waals surface area contributed by atoms with E-state index in [1.165, 1.54) is 0 Å². The monoisotopic (exact) mass is 287 g/mol. The lowest BCUT2D eigenvalue weighted by Gasteiger charge is -2.20. The average Bonchev–Trinajstić information content (AvgIpc) is 2.40. The molecule has 0 unspecified atom stereocenters. The van der Waals surface area contributed by atoms with Crippen molar-refractivity contribution in [2.45, 2.75) is 12.8 Å². The van der Waals surface area contributed by atoms with Gasteiger partial charge in [0.1, 0.15) is 0 Å². The molecule has 1 aliphatic heterocycles. The third-order valence-electron chi connectivity index (χ3n) is 3.27. The molecule has 0 spiro atoms. The number of rotatable bonds is 2. The molecule has 5 heteroatoms. The van der Waals surface area contributed by atoms with Crippen LogP contribution in [0, 0.1) is 0 Å². The number of anilines is 4. The van der Waals surface area contributed by atoms with Crippen molar-refractivity contribution in [3.05, 3.63) is 47.0 Å². The molecule has 0 radical (unpaired) electrons. The van der Waals surface area contributed by atoms with E-state index in [9.17, 15) is 4.79 Å². The number of benzene rings is 2. The maximum Gasteiger partial charge on any atom is 0.224 e. The lowest BCUT2D eigenvalue weighted by atomic mass is 10.0. The third-order valence-corrected chi connectivity index (χ3v) is 3.51. The number of hydrogen-bond donors (Lipinski definition) is 3. The Morgan fingerprint density at radius 2 is 2.05 bits per heavy atom. The number of fused-ring (bicyclic) bond motifs is 1. The highest BCUT2D eigenvalue weighted by Crippen LogP contribution is 2.33. The number of nitrogens with one attached hydrogen (secondary N) is 2. The van der Waals surface area contributed by atoms with E-state index in [0.29, 0.717) is 17.1 Å². The van der Waals surface area contributed by atoms with Crippen LogP contribution < -0.4 is 16.4 Å². The van der Waals surface area contributed by atoms with Crippen molar-refractivity contribution in [1.82, 2.24) is 0 Å². The first-order chi connectivity index (χ1) is 9.61. The largest absolute Gasteiger partial charge is 0.397 e. The van der Waals surface area contributed by atoms with Crippen molar-refractivity contribution >= 4 is 40.3 Å². The van der Waals surface area contributed by atoms with Gasteiger partial charge < -0.3 is 16.4 Å². The number of aryl methyl sites for hydroxylation is 1. The fourth-order valence-corrected chi connectivity index (χ4v) is 2.47. The molecule has 3 rings (SSSR count). The molecule has 0 fully saturated rings. The lowest BCUT2D eigenvalue weighted by Crippen LogP contribution is -2.19. The van der Waals surface area contributed by atoms with E-state index in [0.717, 1.165) is 29.0 Å². The van der Waals surface area contributed by atoms with Crippen LogP contribution in [0.25, 0.3) is 0 Å². The first-order valence-corrected chi connectivity index (χ1v) is 6.74. The Kier molecular flexibility index (Phi) is 3.24. The molecular weight excluding hydrogens is 274 g/mol. The van der Waals surface area contributed by atoms with Crippen LogP contribution in [0.2, 0.25) is 5.02 Å². The highest BCUT2D eigenvalue weighted by Gasteiger charge is 2.16. The van der Waals surface area contributed by atoms with E-state index < -0.39 is 0 Å². The Balaban J connectivity index is 1.94. The van der Waals surface area contributed by atoms with Gasteiger partial charge in [0.2, 0.25) is 5.91 Å². The number of amides is 1. The summed E-state index contributed by atoms with van der Waals surface area (Å²) >= 11 is 5.96. The summed E-state index contributed by atoms with van der Waals surface area (Å²) in [5.41, 5.74) is 10.2. The number of nitrogens with two attached hydrogens (primary N) is 1. The molecule has 1 amide bonds. The molecule has 0 bridgehead atoms. The molecule has 1 aliphatic rings. The van der Waals surface area contributed by atoms with Crippen LogP contribution in [0.15, 0.2) is 36.4 Å². The highest BCUT2D eigenvalue weighted by molar-refractivity contribution is 6.30. The summed E-state index contributed by atoms with van der Waals surface area (Å²) in [6, 6.07) is 11.2. The van der Waals surface area contributed by atoms with E-state index in [1.54, 1.807) is 0 Å². The van der Waals surface area contributed by atoms with Gasteiger partial charge in [-0.1, -0.05) is 17.7 Å². The van der Waals surface area contributed by atoms with Gasteiger partial charge in [0.15, 0.2) is 0 Å². The predicted molar refractivity (Wildman–Crippen MR) is 82.5 cm³/mol. The lowest BCUT2D eigenvalue weighted by molar-refractivity contribution is -0.116. The zero-order chi connectivity index (χ0) is 14.1. The van der Waals surface area contributed by atoms with Crippen molar-refractivity contribution in [3.63, 3.8) is 0 Å². The van der Waals surface area contributed by atoms with Gasteiger partial charge in [-0.25, -0.2) is 0 Å². The number of carbonyl (C=O) groups excluding carboxylic acids is 1. The van der Waals surface area contributed by atoms with Crippen molar-refractivity contribution in [3.8, 4) is 0 Å². The summed E-state index contributed by atoms with van der Waals surface area (Å²) in [5, 5.41) is 6.73. The molecule has 102 valence electrons. The number of hydrogen-bond acceptors (Lipinski definition) is 3. The first-order valence-electron chi connectivity index (χ1n) is 6.36. The number of nitrogen functional groups attached to an aromatic ring is 1. The van der Waals surface area contributed by atoms with Crippen LogP contribution in [-0.2, 0) is 11.2 Å². The van der Waals surface area contributed by atoms with Crippen LogP contribution >= 0.6 is 11.6 Å². The average molecular weight is 288 g/mol. The summed E-state index contributed by atoms with van der Waals surface area (Å²) in [7, 11) is 0. The zero-order valence-corrected chi connectivity index (χ0v) is 11.5. The molecule has 0 aromatic heterocycles. The van der Waals surface area contributed by atoms with Crippen LogP contribution in [-0.4, -0.2) is 5.91 Å². The third kappa shape index (κ3) is 2.56. The topological polar surface area (TPSA) is 67.2 Å². The molecular formula is C15H14ClN3O. The van der Waals surface area contributed by atoms with Gasteiger partial charge in [0.25, 0.3) is 0 Å². The van der Waals surface area contributed by atoms with Gasteiger partial charge in [-0.2, -0.15) is 0 Å². The summed E-state index contributed by atoms with van der Waals surface area (Å²) in [6.07, 6.45) is 1.23. The van der Waals surface area contributed by atoms with Crippen LogP contribution in [0.3, 0.4) is 0 Å². The normalized spacial score (nSPS) is 13.6. The molecule has 0 saturated carbocycles. The van der Waals surface area contributed by atoms with Gasteiger partial charge in [0.05, 0.1) is 11.4 Å². The van der Waals surface area contributed by atoms with Crippen LogP contribution in [0.5, 0.6) is 0 Å². The van der Waals surface area contributed by atoms with E-state index in [-0.39, 0.29) is 5.91 Å². The van der Waals surface area contributed by atoms with Crippen molar-refractivity contribution in [2.75, 3.05) is 16.4 Å². The van der Waals surface area contributed by atoms with Crippen molar-refractivity contribution in [2.24, 2.45) is 0 Å². The Morgan fingerprint density at radius 3 is 2.85 bits per heavy atom. The van der Waals surface area contributed by atoms with Crippen LogP contribution in [0.4, 0.5) is 22.7 Å². The van der Waals surface area contributed by atoms with Gasteiger partial charge in [-0.3, -0.25) is 4.79 Å². The molecule has 1 heterocycles. The molecule has 2 aromatic rings. The van der Waals surface area contributed by atoms with Crippen LogP contribution in [0.1, 0.15) is 12.0 Å². The smallest absolute Gasteiger partial charge is 0.224 e. The van der Waals surface area contributed by atoms with Crippen molar-refractivity contribution < 1.29 is 4.79 Å². The Bertz CT molecular complexity index is 685. The SMILES string of the molecule is Nc1cc2c(cc1Nc1cccc(Cl)c1)NC(=O)CC2. The van der Waals surface area contributed by atoms with E-state index in [1.807, 2.05) is 36.4 Å². The molecule has 0 atom stereocenters. The number of carbonyl (C=O) groups is 1. The summed E-state index contributed by atoms with van der Waals surface area (Å²) in [5.74, 6) is 0.0379. The molecule has 0 saturated heterocycles. The van der Waals surface area contributed by atoms with E-state index >= 15 is 0 Å². The molecule has 20 heavy (non-hydrogen) atoms. The quantitative estimate of drug-likeness (QED) is 0.740. The first kappa shape index (κ1) is 12.8. The minimum Gasteiger partial charge on any atom is -0.397 e. The van der Waals surface area contributed by atoms with E-state index in [2.05, 4.69) is 10.6 Å². The predicted octanol–water partition coefficient (Wildman–Crippen LogP) is 3.55. The summed E-state index contributed by atoms with van der Waals surface area (Å²) in [6.45, 7) is 0. The molecule has 4 N–H and O–H groups in total. The Hall–Kier alpha value is -2.20.